The van der Waals surface area contributed by atoms with Gasteiger partial charge in [-0.25, -0.2) is 8.78 Å². The summed E-state index contributed by atoms with van der Waals surface area (Å²) in [6.07, 6.45) is 3.54. The molecule has 0 unspecified atom stereocenters. The van der Waals surface area contributed by atoms with Gasteiger partial charge in [0.1, 0.15) is 11.6 Å². The van der Waals surface area contributed by atoms with Crippen molar-refractivity contribution in [1.29, 1.82) is 0 Å². The summed E-state index contributed by atoms with van der Waals surface area (Å²) < 4.78 is 26.7. The maximum Gasteiger partial charge on any atom is 0.149 e. The van der Waals surface area contributed by atoms with Gasteiger partial charge in [0.25, 0.3) is 0 Å². The Bertz CT molecular complexity index is 406. The van der Waals surface area contributed by atoms with Gasteiger partial charge in [-0.05, 0) is 60.9 Å². The first-order valence-electron chi connectivity index (χ1n) is 6.27. The van der Waals surface area contributed by atoms with Crippen molar-refractivity contribution in [1.82, 2.24) is 4.90 Å². The summed E-state index contributed by atoms with van der Waals surface area (Å²) in [5.74, 6) is -1.12. The molecule has 1 aliphatic rings. The summed E-state index contributed by atoms with van der Waals surface area (Å²) >= 11 is 3.05. The largest absolute Gasteiger partial charge is 0.383 e. The molecule has 0 radical (unpaired) electrons. The van der Waals surface area contributed by atoms with E-state index < -0.39 is 11.6 Å². The summed E-state index contributed by atoms with van der Waals surface area (Å²) in [5, 5.41) is 3.01. The SMILES string of the molecule is Fc1cc(F)c(NCCCN2CCCC2)cc1Br. The number of benzene rings is 1. The Balaban J connectivity index is 1.77. The molecule has 0 amide bonds. The van der Waals surface area contributed by atoms with Crippen LogP contribution < -0.4 is 5.32 Å². The molecule has 0 atom stereocenters. The van der Waals surface area contributed by atoms with Crippen LogP contribution in [-0.2, 0) is 0 Å². The third-order valence-electron chi connectivity index (χ3n) is 3.18. The summed E-state index contributed by atoms with van der Waals surface area (Å²) in [6, 6.07) is 2.34. The van der Waals surface area contributed by atoms with Crippen molar-refractivity contribution in [2.24, 2.45) is 0 Å². The smallest absolute Gasteiger partial charge is 0.149 e. The first-order valence-corrected chi connectivity index (χ1v) is 7.07. The van der Waals surface area contributed by atoms with Crippen molar-refractivity contribution < 1.29 is 8.78 Å². The second-order valence-corrected chi connectivity index (χ2v) is 5.43. The van der Waals surface area contributed by atoms with Crippen LogP contribution in [0.3, 0.4) is 0 Å². The molecule has 2 rings (SSSR count). The van der Waals surface area contributed by atoms with E-state index in [0.29, 0.717) is 12.2 Å². The number of likely N-dealkylation sites (tertiary alicyclic amines) is 1. The van der Waals surface area contributed by atoms with Gasteiger partial charge in [0.05, 0.1) is 10.2 Å². The molecule has 5 heteroatoms. The average Bonchev–Trinajstić information content (AvgIpc) is 2.84. The van der Waals surface area contributed by atoms with E-state index in [1.165, 1.54) is 32.0 Å². The van der Waals surface area contributed by atoms with Crippen molar-refractivity contribution in [2.45, 2.75) is 19.3 Å². The summed E-state index contributed by atoms with van der Waals surface area (Å²) in [7, 11) is 0. The fraction of sp³-hybridized carbons (Fsp3) is 0.538. The molecule has 0 bridgehead atoms. The minimum atomic E-state index is -0.574. The quantitative estimate of drug-likeness (QED) is 0.659. The Kier molecular flexibility index (Phi) is 4.95. The van der Waals surface area contributed by atoms with Crippen LogP contribution in [0.5, 0.6) is 0 Å². The van der Waals surface area contributed by atoms with E-state index in [2.05, 4.69) is 26.1 Å². The number of hydrogen-bond donors (Lipinski definition) is 1. The van der Waals surface area contributed by atoms with E-state index in [4.69, 9.17) is 0 Å². The number of anilines is 1. The molecule has 1 fully saturated rings. The van der Waals surface area contributed by atoms with Crippen LogP contribution in [-0.4, -0.2) is 31.1 Å². The Morgan fingerprint density at radius 1 is 1.17 bits per heavy atom. The van der Waals surface area contributed by atoms with E-state index in [9.17, 15) is 8.78 Å². The van der Waals surface area contributed by atoms with Crippen molar-refractivity contribution in [3.8, 4) is 0 Å². The first kappa shape index (κ1) is 13.7. The predicted octanol–water partition coefficient (Wildman–Crippen LogP) is 3.63. The van der Waals surface area contributed by atoms with Crippen LogP contribution >= 0.6 is 15.9 Å². The van der Waals surface area contributed by atoms with E-state index in [1.54, 1.807) is 0 Å². The van der Waals surface area contributed by atoms with E-state index in [-0.39, 0.29) is 4.47 Å². The molecule has 1 aliphatic heterocycles. The van der Waals surface area contributed by atoms with Crippen molar-refractivity contribution >= 4 is 21.6 Å². The number of rotatable bonds is 5. The Morgan fingerprint density at radius 3 is 2.61 bits per heavy atom. The normalized spacial score (nSPS) is 16.2. The molecule has 2 nitrogen and oxygen atoms in total. The highest BCUT2D eigenvalue weighted by atomic mass is 79.9. The average molecular weight is 319 g/mol. The monoisotopic (exact) mass is 318 g/mol. The minimum Gasteiger partial charge on any atom is -0.383 e. The topological polar surface area (TPSA) is 15.3 Å². The molecular weight excluding hydrogens is 302 g/mol. The van der Waals surface area contributed by atoms with E-state index >= 15 is 0 Å². The second kappa shape index (κ2) is 6.48. The molecule has 100 valence electrons. The standard InChI is InChI=1S/C13H17BrF2N2/c14-10-8-13(12(16)9-11(10)15)17-4-3-7-18-5-1-2-6-18/h8-9,17H,1-7H2. The highest BCUT2D eigenvalue weighted by molar-refractivity contribution is 9.10. The molecule has 1 aromatic rings. The second-order valence-electron chi connectivity index (χ2n) is 4.58. The highest BCUT2D eigenvalue weighted by Crippen LogP contribution is 2.23. The summed E-state index contributed by atoms with van der Waals surface area (Å²) in [4.78, 5) is 2.42. The summed E-state index contributed by atoms with van der Waals surface area (Å²) in [5.41, 5.74) is 0.352. The molecule has 1 aromatic carbocycles. The van der Waals surface area contributed by atoms with E-state index in [1.807, 2.05) is 0 Å². The zero-order valence-corrected chi connectivity index (χ0v) is 11.8. The van der Waals surface area contributed by atoms with Gasteiger partial charge in [0.15, 0.2) is 0 Å². The number of hydrogen-bond acceptors (Lipinski definition) is 2. The van der Waals surface area contributed by atoms with Gasteiger partial charge in [-0.1, -0.05) is 0 Å². The van der Waals surface area contributed by atoms with Gasteiger partial charge in [-0.3, -0.25) is 0 Å². The van der Waals surface area contributed by atoms with Gasteiger partial charge >= 0.3 is 0 Å². The lowest BCUT2D eigenvalue weighted by Crippen LogP contribution is -2.22. The van der Waals surface area contributed by atoms with Crippen LogP contribution in [0.2, 0.25) is 0 Å². The molecule has 1 saturated heterocycles. The Labute approximate surface area is 114 Å². The lowest BCUT2D eigenvalue weighted by Gasteiger charge is -2.15. The van der Waals surface area contributed by atoms with Crippen molar-refractivity contribution in [3.63, 3.8) is 0 Å². The van der Waals surface area contributed by atoms with Crippen LogP contribution in [0, 0.1) is 11.6 Å². The number of nitrogens with one attached hydrogen (secondary N) is 1. The van der Waals surface area contributed by atoms with Crippen LogP contribution in [0.1, 0.15) is 19.3 Å². The molecule has 0 spiro atoms. The van der Waals surface area contributed by atoms with Crippen molar-refractivity contribution in [2.75, 3.05) is 31.5 Å². The van der Waals surface area contributed by atoms with Crippen LogP contribution in [0.4, 0.5) is 14.5 Å². The Morgan fingerprint density at radius 2 is 1.89 bits per heavy atom. The molecule has 0 saturated carbocycles. The summed E-state index contributed by atoms with van der Waals surface area (Å²) in [6.45, 7) is 4.09. The lowest BCUT2D eigenvalue weighted by molar-refractivity contribution is 0.337. The van der Waals surface area contributed by atoms with Crippen LogP contribution in [0.25, 0.3) is 0 Å². The lowest BCUT2D eigenvalue weighted by atomic mass is 10.3. The number of nitrogens with zero attached hydrogens (tertiary/aromatic N) is 1. The molecule has 18 heavy (non-hydrogen) atoms. The van der Waals surface area contributed by atoms with Crippen molar-refractivity contribution in [3.05, 3.63) is 28.2 Å². The minimum absolute atomic E-state index is 0.283. The molecule has 1 heterocycles. The van der Waals surface area contributed by atoms with Crippen LogP contribution in [0.15, 0.2) is 16.6 Å². The maximum atomic E-state index is 13.4. The fourth-order valence-corrected chi connectivity index (χ4v) is 2.53. The van der Waals surface area contributed by atoms with E-state index in [0.717, 1.165) is 19.0 Å². The predicted molar refractivity (Wildman–Crippen MR) is 72.8 cm³/mol. The molecule has 1 N–H and O–H groups in total. The Hall–Kier alpha value is -0.680. The molecular formula is C13H17BrF2N2. The third kappa shape index (κ3) is 3.65. The zero-order valence-electron chi connectivity index (χ0n) is 10.2. The molecule has 0 aromatic heterocycles. The number of halogens is 3. The van der Waals surface area contributed by atoms with Gasteiger partial charge in [-0.15, -0.1) is 0 Å². The zero-order chi connectivity index (χ0) is 13.0. The highest BCUT2D eigenvalue weighted by Gasteiger charge is 2.11. The van der Waals surface area contributed by atoms with Gasteiger partial charge in [0.2, 0.25) is 0 Å². The van der Waals surface area contributed by atoms with Gasteiger partial charge < -0.3 is 10.2 Å². The maximum absolute atomic E-state index is 13.4. The van der Waals surface area contributed by atoms with Gasteiger partial charge in [-0.2, -0.15) is 0 Å². The first-order chi connectivity index (χ1) is 8.66. The van der Waals surface area contributed by atoms with Gasteiger partial charge in [0, 0.05) is 12.6 Å². The fourth-order valence-electron chi connectivity index (χ4n) is 2.19. The third-order valence-corrected chi connectivity index (χ3v) is 3.78. The molecule has 0 aliphatic carbocycles.